The number of rotatable bonds is 3. The molecule has 0 unspecified atom stereocenters. The number of halogens is 1. The van der Waals surface area contributed by atoms with Crippen LogP contribution in [0.2, 0.25) is 5.02 Å². The molecule has 2 N–H and O–H groups in total. The number of ether oxygens (including phenoxy) is 1. The maximum absolute atomic E-state index is 11.0. The monoisotopic (exact) mass is 266 g/mol. The first-order valence-corrected chi connectivity index (χ1v) is 5.19. The quantitative estimate of drug-likeness (QED) is 0.885. The molecule has 1 aromatic carbocycles. The summed E-state index contributed by atoms with van der Waals surface area (Å²) in [6, 6.07) is 5.15. The maximum Gasteiger partial charge on any atom is 0.335 e. The fraction of sp³-hybridized carbons (Fsp3) is 0. The van der Waals surface area contributed by atoms with E-state index in [1.165, 1.54) is 24.5 Å². The highest BCUT2D eigenvalue weighted by Crippen LogP contribution is 2.28. The number of H-pyrrole nitrogens is 1. The van der Waals surface area contributed by atoms with E-state index in [1.54, 1.807) is 0 Å². The first-order valence-electron chi connectivity index (χ1n) is 4.81. The number of carbonyl (C=O) groups is 1. The van der Waals surface area contributed by atoms with E-state index in [2.05, 4.69) is 9.97 Å². The molecule has 0 radical (unpaired) electrons. The highest BCUT2D eigenvalue weighted by atomic mass is 35.5. The highest BCUT2D eigenvalue weighted by molar-refractivity contribution is 6.32. The van der Waals surface area contributed by atoms with Crippen LogP contribution in [0.5, 0.6) is 11.6 Å². The predicted molar refractivity (Wildman–Crippen MR) is 63.3 cm³/mol. The van der Waals surface area contributed by atoms with Gasteiger partial charge in [0, 0.05) is 0 Å². The van der Waals surface area contributed by atoms with Crippen LogP contribution >= 0.6 is 11.6 Å². The summed E-state index contributed by atoms with van der Waals surface area (Å²) < 4.78 is 5.27. The third-order valence-electron chi connectivity index (χ3n) is 2.05. The Kier molecular flexibility index (Phi) is 3.29. The maximum atomic E-state index is 11.0. The molecule has 0 fully saturated rings. The second-order valence-corrected chi connectivity index (χ2v) is 3.71. The molecule has 0 spiro atoms. The van der Waals surface area contributed by atoms with Crippen LogP contribution < -0.4 is 10.3 Å². The molecular formula is C11H7ClN2O4. The fourth-order valence-electron chi connectivity index (χ4n) is 1.24. The Hall–Kier alpha value is -2.34. The number of carboxylic acids is 1. The summed E-state index contributed by atoms with van der Waals surface area (Å²) in [6.45, 7) is 0. The van der Waals surface area contributed by atoms with Gasteiger partial charge in [0.15, 0.2) is 0 Å². The number of hydrogen-bond donors (Lipinski definition) is 2. The molecule has 6 nitrogen and oxygen atoms in total. The van der Waals surface area contributed by atoms with Crippen molar-refractivity contribution in [1.82, 2.24) is 9.97 Å². The number of hydrogen-bond acceptors (Lipinski definition) is 4. The Morgan fingerprint density at radius 2 is 2.17 bits per heavy atom. The normalized spacial score (nSPS) is 10.1. The van der Waals surface area contributed by atoms with Gasteiger partial charge >= 0.3 is 5.97 Å². The van der Waals surface area contributed by atoms with Gasteiger partial charge in [-0.15, -0.1) is 0 Å². The van der Waals surface area contributed by atoms with Gasteiger partial charge in [0.05, 0.1) is 23.0 Å². The highest BCUT2D eigenvalue weighted by Gasteiger charge is 2.09. The van der Waals surface area contributed by atoms with Gasteiger partial charge in [-0.25, -0.2) is 9.78 Å². The number of carboxylic acid groups (broad SMARTS) is 1. The molecule has 2 aromatic rings. The Morgan fingerprint density at radius 1 is 1.39 bits per heavy atom. The predicted octanol–water partition coefficient (Wildman–Crippen LogP) is 1.91. The summed E-state index contributed by atoms with van der Waals surface area (Å²) in [4.78, 5) is 27.9. The van der Waals surface area contributed by atoms with Gasteiger partial charge < -0.3 is 14.8 Å². The number of aromatic amines is 1. The van der Waals surface area contributed by atoms with E-state index in [-0.39, 0.29) is 27.8 Å². The smallest absolute Gasteiger partial charge is 0.335 e. The van der Waals surface area contributed by atoms with E-state index < -0.39 is 5.97 Å². The number of aromatic carboxylic acids is 1. The molecular weight excluding hydrogens is 260 g/mol. The lowest BCUT2D eigenvalue weighted by atomic mass is 10.2. The van der Waals surface area contributed by atoms with E-state index in [0.29, 0.717) is 0 Å². The van der Waals surface area contributed by atoms with Crippen molar-refractivity contribution in [2.75, 3.05) is 0 Å². The zero-order valence-corrected chi connectivity index (χ0v) is 9.64. The summed E-state index contributed by atoms with van der Waals surface area (Å²) in [5, 5.41) is 8.89. The van der Waals surface area contributed by atoms with Crippen LogP contribution in [0, 0.1) is 0 Å². The lowest BCUT2D eigenvalue weighted by Gasteiger charge is -2.06. The lowest BCUT2D eigenvalue weighted by molar-refractivity contribution is 0.0697. The van der Waals surface area contributed by atoms with Crippen LogP contribution in [0.4, 0.5) is 0 Å². The lowest BCUT2D eigenvalue weighted by Crippen LogP contribution is -2.04. The molecule has 18 heavy (non-hydrogen) atoms. The molecule has 0 aliphatic carbocycles. The van der Waals surface area contributed by atoms with Gasteiger partial charge in [0.25, 0.3) is 5.56 Å². The van der Waals surface area contributed by atoms with Crippen LogP contribution in [0.15, 0.2) is 35.4 Å². The average Bonchev–Trinajstić information content (AvgIpc) is 2.31. The zero-order valence-electron chi connectivity index (χ0n) is 8.88. The molecule has 0 atom stereocenters. The second-order valence-electron chi connectivity index (χ2n) is 3.30. The van der Waals surface area contributed by atoms with E-state index in [0.717, 1.165) is 6.07 Å². The van der Waals surface area contributed by atoms with Crippen LogP contribution in [0.1, 0.15) is 10.4 Å². The van der Waals surface area contributed by atoms with Crippen molar-refractivity contribution in [2.45, 2.75) is 0 Å². The minimum atomic E-state index is -1.09. The van der Waals surface area contributed by atoms with Gasteiger partial charge in [-0.2, -0.15) is 0 Å². The van der Waals surface area contributed by atoms with Crippen LogP contribution in [0.3, 0.4) is 0 Å². The van der Waals surface area contributed by atoms with Crippen molar-refractivity contribution in [3.63, 3.8) is 0 Å². The number of benzene rings is 1. The molecule has 0 amide bonds. The van der Waals surface area contributed by atoms with Crippen molar-refractivity contribution in [1.29, 1.82) is 0 Å². The topological polar surface area (TPSA) is 92.3 Å². The van der Waals surface area contributed by atoms with E-state index >= 15 is 0 Å². The van der Waals surface area contributed by atoms with Gasteiger partial charge in [-0.05, 0) is 18.2 Å². The molecule has 0 saturated heterocycles. The summed E-state index contributed by atoms with van der Waals surface area (Å²) in [7, 11) is 0. The van der Waals surface area contributed by atoms with Crippen LogP contribution in [0.25, 0.3) is 0 Å². The minimum absolute atomic E-state index is 0.0474. The van der Waals surface area contributed by atoms with Gasteiger partial charge in [0.1, 0.15) is 5.75 Å². The van der Waals surface area contributed by atoms with Crippen molar-refractivity contribution < 1.29 is 14.6 Å². The Morgan fingerprint density at radius 3 is 2.78 bits per heavy atom. The van der Waals surface area contributed by atoms with Gasteiger partial charge in [0.2, 0.25) is 5.88 Å². The Balaban J connectivity index is 2.30. The zero-order chi connectivity index (χ0) is 13.1. The number of nitrogens with zero attached hydrogens (tertiary/aromatic N) is 1. The minimum Gasteiger partial charge on any atom is -0.478 e. The van der Waals surface area contributed by atoms with E-state index in [4.69, 9.17) is 21.4 Å². The molecule has 1 heterocycles. The standard InChI is InChI=1S/C11H7ClN2O4/c12-7-3-6(11(16)17)1-2-8(7)18-10-4-9(15)13-5-14-10/h1-5H,(H,16,17)(H,13,14,15). The second kappa shape index (κ2) is 4.89. The largest absolute Gasteiger partial charge is 0.478 e. The summed E-state index contributed by atoms with van der Waals surface area (Å²) >= 11 is 5.86. The van der Waals surface area contributed by atoms with Crippen molar-refractivity contribution in [3.8, 4) is 11.6 Å². The fourth-order valence-corrected chi connectivity index (χ4v) is 1.45. The van der Waals surface area contributed by atoms with Crippen LogP contribution in [-0.2, 0) is 0 Å². The molecule has 92 valence electrons. The van der Waals surface area contributed by atoms with Crippen LogP contribution in [-0.4, -0.2) is 21.0 Å². The summed E-state index contributed by atoms with van der Waals surface area (Å²) in [6.07, 6.45) is 1.19. The third kappa shape index (κ3) is 2.67. The van der Waals surface area contributed by atoms with Gasteiger partial charge in [-0.3, -0.25) is 4.79 Å². The molecule has 0 aliphatic rings. The summed E-state index contributed by atoms with van der Waals surface area (Å²) in [5.41, 5.74) is -0.315. The Labute approximate surface area is 106 Å². The Bertz CT molecular complexity index is 653. The van der Waals surface area contributed by atoms with Crippen molar-refractivity contribution in [2.24, 2.45) is 0 Å². The van der Waals surface area contributed by atoms with Gasteiger partial charge in [-0.1, -0.05) is 11.6 Å². The van der Waals surface area contributed by atoms with Crippen molar-refractivity contribution >= 4 is 17.6 Å². The number of aromatic nitrogens is 2. The third-order valence-corrected chi connectivity index (χ3v) is 2.34. The molecule has 0 bridgehead atoms. The molecule has 1 aromatic heterocycles. The molecule has 2 rings (SSSR count). The number of nitrogens with one attached hydrogen (secondary N) is 1. The first kappa shape index (κ1) is 12.1. The van der Waals surface area contributed by atoms with E-state index in [9.17, 15) is 9.59 Å². The van der Waals surface area contributed by atoms with Crippen molar-refractivity contribution in [3.05, 3.63) is 51.5 Å². The molecule has 0 saturated carbocycles. The SMILES string of the molecule is O=C(O)c1ccc(Oc2cc(=O)[nH]cn2)c(Cl)c1. The molecule has 7 heteroatoms. The van der Waals surface area contributed by atoms with E-state index in [1.807, 2.05) is 0 Å². The average molecular weight is 267 g/mol. The first-order chi connectivity index (χ1) is 8.56. The molecule has 0 aliphatic heterocycles. The summed E-state index contributed by atoms with van der Waals surface area (Å²) in [5.74, 6) is -0.791.